The number of rotatable bonds is 5. The molecule has 0 N–H and O–H groups in total. The summed E-state index contributed by atoms with van der Waals surface area (Å²) < 4.78 is 6.26. The number of nitrogens with zero attached hydrogens (tertiary/aromatic N) is 1. The molecule has 0 amide bonds. The van der Waals surface area contributed by atoms with E-state index >= 15 is 0 Å². The topological polar surface area (TPSA) is 9.23 Å². The summed E-state index contributed by atoms with van der Waals surface area (Å²) in [6.07, 6.45) is 0. The fourth-order valence-corrected chi connectivity index (χ4v) is 2.74. The minimum atomic E-state index is 0. The Balaban J connectivity index is 0.00000242. The third-order valence-electron chi connectivity index (χ3n) is 4.85. The highest BCUT2D eigenvalue weighted by Crippen LogP contribution is 2.35. The second-order valence-corrected chi connectivity index (χ2v) is 6.17. The summed E-state index contributed by atoms with van der Waals surface area (Å²) in [6, 6.07) is 19.9. The summed E-state index contributed by atoms with van der Waals surface area (Å²) in [4.78, 5) is 0. The van der Waals surface area contributed by atoms with E-state index in [4.69, 9.17) is 4.74 Å². The lowest BCUT2D eigenvalue weighted by atomic mass is 9.99. The molecule has 0 heterocycles. The maximum atomic E-state index is 5.36. The Morgan fingerprint density at radius 2 is 1.36 bits per heavy atom. The molecule has 0 saturated heterocycles. The van der Waals surface area contributed by atoms with Gasteiger partial charge in [0, 0.05) is 11.1 Å². The predicted octanol–water partition coefficient (Wildman–Crippen LogP) is 1.60. The predicted molar refractivity (Wildman–Crippen MR) is 88.4 cm³/mol. The van der Waals surface area contributed by atoms with Crippen molar-refractivity contribution >= 4 is 0 Å². The Kier molecular flexibility index (Phi) is 6.88. The Morgan fingerprint density at radius 1 is 0.818 bits per heavy atom. The van der Waals surface area contributed by atoms with Gasteiger partial charge in [-0.3, -0.25) is 0 Å². The van der Waals surface area contributed by atoms with Crippen molar-refractivity contribution in [1.29, 1.82) is 0 Å². The van der Waals surface area contributed by atoms with E-state index in [1.54, 1.807) is 7.11 Å². The van der Waals surface area contributed by atoms with Crippen LogP contribution in [0.2, 0.25) is 0 Å². The summed E-state index contributed by atoms with van der Waals surface area (Å²) in [7, 11) is 6.31. The van der Waals surface area contributed by atoms with E-state index in [0.29, 0.717) is 12.1 Å². The molecule has 0 saturated carbocycles. The monoisotopic (exact) mass is 411 g/mol. The van der Waals surface area contributed by atoms with Gasteiger partial charge < -0.3 is 33.2 Å². The van der Waals surface area contributed by atoms with Crippen LogP contribution in [0.1, 0.15) is 37.1 Å². The third-order valence-corrected chi connectivity index (χ3v) is 4.85. The van der Waals surface area contributed by atoms with Crippen LogP contribution in [0.5, 0.6) is 5.75 Å². The molecule has 0 aliphatic rings. The first-order valence-electron chi connectivity index (χ1n) is 7.49. The van der Waals surface area contributed by atoms with Gasteiger partial charge in [-0.1, -0.05) is 42.5 Å². The van der Waals surface area contributed by atoms with Crippen LogP contribution in [0.3, 0.4) is 0 Å². The van der Waals surface area contributed by atoms with E-state index in [1.807, 2.05) is 6.07 Å². The molecule has 0 fully saturated rings. The smallest absolute Gasteiger partial charge is 0.119 e. The van der Waals surface area contributed by atoms with E-state index in [1.165, 1.54) is 11.1 Å². The van der Waals surface area contributed by atoms with Crippen molar-refractivity contribution in [3.63, 3.8) is 0 Å². The molecule has 0 aliphatic heterocycles. The van der Waals surface area contributed by atoms with Crippen LogP contribution in [0.15, 0.2) is 54.6 Å². The number of quaternary nitrogens is 1. The van der Waals surface area contributed by atoms with Crippen molar-refractivity contribution in [2.24, 2.45) is 0 Å². The van der Waals surface area contributed by atoms with Crippen LogP contribution in [0, 0.1) is 0 Å². The number of benzene rings is 2. The standard InChI is InChI=1S/C19H26NO.HI/c1-15(17-10-7-6-8-11-17)20(3,4)16(2)18-12-9-13-19(14-18)21-5;/h6-16H,1-5H3;1H/q+1;/p-1/t15-,16-;/m0./s1. The Morgan fingerprint density at radius 3 is 1.95 bits per heavy atom. The zero-order chi connectivity index (χ0) is 15.5. The largest absolute Gasteiger partial charge is 1.00 e. The molecule has 2 aromatic carbocycles. The molecular formula is C19H26INO. The SMILES string of the molecule is COc1cccc([C@H](C)[N+](C)(C)[C@@H](C)c2ccccc2)c1.[I-]. The number of hydrogen-bond donors (Lipinski definition) is 0. The van der Waals surface area contributed by atoms with Crippen LogP contribution >= 0.6 is 0 Å². The summed E-state index contributed by atoms with van der Waals surface area (Å²) >= 11 is 0. The van der Waals surface area contributed by atoms with Crippen LogP contribution in [0.25, 0.3) is 0 Å². The molecule has 120 valence electrons. The van der Waals surface area contributed by atoms with Gasteiger partial charge in [0.25, 0.3) is 0 Å². The minimum Gasteiger partial charge on any atom is -1.00 e. The molecule has 2 aromatic rings. The zero-order valence-electron chi connectivity index (χ0n) is 14.1. The molecule has 2 rings (SSSR count). The fourth-order valence-electron chi connectivity index (χ4n) is 2.74. The quantitative estimate of drug-likeness (QED) is 0.537. The second-order valence-electron chi connectivity index (χ2n) is 6.17. The van der Waals surface area contributed by atoms with Crippen molar-refractivity contribution in [2.45, 2.75) is 25.9 Å². The lowest BCUT2D eigenvalue weighted by molar-refractivity contribution is -0.946. The molecule has 0 unspecified atom stereocenters. The van der Waals surface area contributed by atoms with E-state index in [2.05, 4.69) is 76.5 Å². The lowest BCUT2D eigenvalue weighted by Gasteiger charge is -2.42. The van der Waals surface area contributed by atoms with E-state index in [-0.39, 0.29) is 24.0 Å². The summed E-state index contributed by atoms with van der Waals surface area (Å²) in [5, 5.41) is 0. The summed E-state index contributed by atoms with van der Waals surface area (Å²) in [5.74, 6) is 0.923. The first kappa shape index (κ1) is 19.0. The molecule has 0 radical (unpaired) electrons. The average Bonchev–Trinajstić information content (AvgIpc) is 2.54. The van der Waals surface area contributed by atoms with Crippen LogP contribution < -0.4 is 28.7 Å². The van der Waals surface area contributed by atoms with Gasteiger partial charge in [0.1, 0.15) is 17.8 Å². The Bertz CT molecular complexity index is 583. The van der Waals surface area contributed by atoms with Crippen LogP contribution in [-0.2, 0) is 0 Å². The Labute approximate surface area is 151 Å². The normalized spacial score (nSPS) is 13.9. The molecule has 0 aliphatic carbocycles. The van der Waals surface area contributed by atoms with E-state index in [0.717, 1.165) is 10.2 Å². The van der Waals surface area contributed by atoms with E-state index < -0.39 is 0 Å². The van der Waals surface area contributed by atoms with Crippen molar-refractivity contribution in [2.75, 3.05) is 21.2 Å². The van der Waals surface area contributed by atoms with Crippen molar-refractivity contribution < 1.29 is 33.2 Å². The highest BCUT2D eigenvalue weighted by atomic mass is 127. The van der Waals surface area contributed by atoms with Gasteiger partial charge in [-0.15, -0.1) is 0 Å². The van der Waals surface area contributed by atoms with Crippen molar-refractivity contribution in [3.05, 3.63) is 65.7 Å². The molecule has 0 spiro atoms. The number of hydrogen-bond acceptors (Lipinski definition) is 1. The molecule has 22 heavy (non-hydrogen) atoms. The van der Waals surface area contributed by atoms with Gasteiger partial charge in [0.2, 0.25) is 0 Å². The summed E-state index contributed by atoms with van der Waals surface area (Å²) in [6.45, 7) is 4.58. The fraction of sp³-hybridized carbons (Fsp3) is 0.368. The molecule has 0 bridgehead atoms. The average molecular weight is 411 g/mol. The zero-order valence-corrected chi connectivity index (χ0v) is 16.2. The first-order valence-corrected chi connectivity index (χ1v) is 7.49. The van der Waals surface area contributed by atoms with Gasteiger partial charge >= 0.3 is 0 Å². The van der Waals surface area contributed by atoms with Gasteiger partial charge in [-0.25, -0.2) is 0 Å². The number of ether oxygens (including phenoxy) is 1. The third kappa shape index (κ3) is 4.02. The minimum absolute atomic E-state index is 0. The molecule has 2 nitrogen and oxygen atoms in total. The van der Waals surface area contributed by atoms with Gasteiger partial charge in [0.05, 0.1) is 21.2 Å². The molecular weight excluding hydrogens is 385 g/mol. The highest BCUT2D eigenvalue weighted by Gasteiger charge is 2.32. The Hall–Kier alpha value is -1.07. The van der Waals surface area contributed by atoms with E-state index in [9.17, 15) is 0 Å². The maximum Gasteiger partial charge on any atom is 0.119 e. The van der Waals surface area contributed by atoms with Gasteiger partial charge in [-0.2, -0.15) is 0 Å². The highest BCUT2D eigenvalue weighted by molar-refractivity contribution is 5.29. The summed E-state index contributed by atoms with van der Waals surface area (Å²) in [5.41, 5.74) is 2.68. The second kappa shape index (κ2) is 7.97. The van der Waals surface area contributed by atoms with Gasteiger partial charge in [0.15, 0.2) is 0 Å². The molecule has 0 aromatic heterocycles. The number of methoxy groups -OCH3 is 1. The number of halogens is 1. The van der Waals surface area contributed by atoms with Crippen molar-refractivity contribution in [3.8, 4) is 5.75 Å². The van der Waals surface area contributed by atoms with Crippen LogP contribution in [0.4, 0.5) is 0 Å². The molecule has 2 atom stereocenters. The molecule has 3 heteroatoms. The lowest BCUT2D eigenvalue weighted by Crippen LogP contribution is -3.00. The first-order chi connectivity index (χ1) is 9.96. The van der Waals surface area contributed by atoms with Gasteiger partial charge in [-0.05, 0) is 26.0 Å². The van der Waals surface area contributed by atoms with Crippen LogP contribution in [-0.4, -0.2) is 25.7 Å². The van der Waals surface area contributed by atoms with Crippen molar-refractivity contribution in [1.82, 2.24) is 0 Å². The maximum absolute atomic E-state index is 5.36.